The summed E-state index contributed by atoms with van der Waals surface area (Å²) in [6.45, 7) is 6.40. The standard InChI is InChI=1S/C14H22O/c1-4-5-6-14(15)10-13-8-7-11(2)12(3)9-13/h7-9,14-15H,4-6,10H2,1-3H3. The molecule has 0 aliphatic rings. The number of aryl methyl sites for hydroxylation is 2. The van der Waals surface area contributed by atoms with Crippen molar-refractivity contribution < 1.29 is 5.11 Å². The van der Waals surface area contributed by atoms with Gasteiger partial charge in [-0.15, -0.1) is 0 Å². The van der Waals surface area contributed by atoms with Crippen molar-refractivity contribution in [2.45, 2.75) is 52.6 Å². The van der Waals surface area contributed by atoms with Gasteiger partial charge in [0.2, 0.25) is 0 Å². The van der Waals surface area contributed by atoms with Crippen molar-refractivity contribution in [3.05, 3.63) is 34.9 Å². The van der Waals surface area contributed by atoms with Crippen molar-refractivity contribution in [2.75, 3.05) is 0 Å². The van der Waals surface area contributed by atoms with Gasteiger partial charge in [0.05, 0.1) is 6.10 Å². The second-order valence-electron chi connectivity index (χ2n) is 4.42. The molecule has 0 radical (unpaired) electrons. The Morgan fingerprint density at radius 3 is 2.53 bits per heavy atom. The van der Waals surface area contributed by atoms with E-state index >= 15 is 0 Å². The van der Waals surface area contributed by atoms with E-state index in [4.69, 9.17) is 0 Å². The van der Waals surface area contributed by atoms with E-state index in [1.165, 1.54) is 16.7 Å². The molecule has 1 N–H and O–H groups in total. The van der Waals surface area contributed by atoms with Crippen molar-refractivity contribution in [3.8, 4) is 0 Å². The quantitative estimate of drug-likeness (QED) is 0.783. The molecular formula is C14H22O. The highest BCUT2D eigenvalue weighted by atomic mass is 16.3. The zero-order valence-electron chi connectivity index (χ0n) is 10.1. The molecule has 0 saturated carbocycles. The van der Waals surface area contributed by atoms with Gasteiger partial charge in [0.25, 0.3) is 0 Å². The summed E-state index contributed by atoms with van der Waals surface area (Å²) in [5.41, 5.74) is 3.89. The Labute approximate surface area is 93.1 Å². The first-order valence-corrected chi connectivity index (χ1v) is 5.87. The number of unbranched alkanes of at least 4 members (excludes halogenated alkanes) is 1. The molecule has 0 spiro atoms. The average molecular weight is 206 g/mol. The Balaban J connectivity index is 2.53. The van der Waals surface area contributed by atoms with Crippen LogP contribution in [0.25, 0.3) is 0 Å². The van der Waals surface area contributed by atoms with Crippen molar-refractivity contribution >= 4 is 0 Å². The van der Waals surface area contributed by atoms with E-state index in [1.807, 2.05) is 0 Å². The average Bonchev–Trinajstić information content (AvgIpc) is 2.20. The zero-order valence-corrected chi connectivity index (χ0v) is 10.1. The fourth-order valence-corrected chi connectivity index (χ4v) is 1.74. The summed E-state index contributed by atoms with van der Waals surface area (Å²) in [4.78, 5) is 0. The summed E-state index contributed by atoms with van der Waals surface area (Å²) < 4.78 is 0. The Bertz CT molecular complexity index is 304. The number of aliphatic hydroxyl groups is 1. The van der Waals surface area contributed by atoms with Crippen LogP contribution in [0.5, 0.6) is 0 Å². The zero-order chi connectivity index (χ0) is 11.3. The fraction of sp³-hybridized carbons (Fsp3) is 0.571. The molecule has 0 aliphatic carbocycles. The van der Waals surface area contributed by atoms with E-state index in [9.17, 15) is 5.11 Å². The van der Waals surface area contributed by atoms with Crippen LogP contribution in [0.15, 0.2) is 18.2 Å². The van der Waals surface area contributed by atoms with Gasteiger partial charge in [-0.1, -0.05) is 38.0 Å². The maximum atomic E-state index is 9.79. The molecule has 0 amide bonds. The van der Waals surface area contributed by atoms with Crippen LogP contribution in [0.3, 0.4) is 0 Å². The van der Waals surface area contributed by atoms with Crippen LogP contribution in [0.4, 0.5) is 0 Å². The maximum Gasteiger partial charge on any atom is 0.0580 e. The number of hydrogen-bond acceptors (Lipinski definition) is 1. The van der Waals surface area contributed by atoms with Gasteiger partial charge in [0, 0.05) is 0 Å². The summed E-state index contributed by atoms with van der Waals surface area (Å²) in [7, 11) is 0. The minimum Gasteiger partial charge on any atom is -0.393 e. The molecule has 1 aromatic rings. The van der Waals surface area contributed by atoms with E-state index in [2.05, 4.69) is 39.0 Å². The van der Waals surface area contributed by atoms with Crippen LogP contribution < -0.4 is 0 Å². The van der Waals surface area contributed by atoms with Crippen LogP contribution >= 0.6 is 0 Å². The normalized spacial score (nSPS) is 12.8. The predicted octanol–water partition coefficient (Wildman–Crippen LogP) is 3.40. The SMILES string of the molecule is CCCCC(O)Cc1ccc(C)c(C)c1. The molecule has 15 heavy (non-hydrogen) atoms. The molecule has 0 fully saturated rings. The topological polar surface area (TPSA) is 20.2 Å². The Kier molecular flexibility index (Phi) is 4.83. The number of rotatable bonds is 5. The lowest BCUT2D eigenvalue weighted by molar-refractivity contribution is 0.162. The summed E-state index contributed by atoms with van der Waals surface area (Å²) in [5, 5.41) is 9.79. The summed E-state index contributed by atoms with van der Waals surface area (Å²) in [5.74, 6) is 0. The van der Waals surface area contributed by atoms with Crippen molar-refractivity contribution in [1.29, 1.82) is 0 Å². The molecule has 0 aliphatic heterocycles. The molecule has 1 heteroatoms. The second-order valence-corrected chi connectivity index (χ2v) is 4.42. The molecule has 0 heterocycles. The van der Waals surface area contributed by atoms with Gasteiger partial charge in [-0.05, 0) is 43.4 Å². The van der Waals surface area contributed by atoms with Crippen molar-refractivity contribution in [2.24, 2.45) is 0 Å². The first-order chi connectivity index (χ1) is 7.13. The first-order valence-electron chi connectivity index (χ1n) is 5.87. The van der Waals surface area contributed by atoms with E-state index in [0.29, 0.717) is 0 Å². The summed E-state index contributed by atoms with van der Waals surface area (Å²) >= 11 is 0. The third kappa shape index (κ3) is 4.05. The molecule has 1 rings (SSSR count). The summed E-state index contributed by atoms with van der Waals surface area (Å²) in [6, 6.07) is 6.44. The molecule has 0 saturated heterocycles. The van der Waals surface area contributed by atoms with Gasteiger partial charge >= 0.3 is 0 Å². The predicted molar refractivity (Wildman–Crippen MR) is 65.2 cm³/mol. The minimum absolute atomic E-state index is 0.174. The lowest BCUT2D eigenvalue weighted by Gasteiger charge is -2.11. The molecule has 0 bridgehead atoms. The van der Waals surface area contributed by atoms with E-state index in [1.54, 1.807) is 0 Å². The Morgan fingerprint density at radius 1 is 1.20 bits per heavy atom. The second kappa shape index (κ2) is 5.92. The Hall–Kier alpha value is -0.820. The number of aliphatic hydroxyl groups excluding tert-OH is 1. The lowest BCUT2D eigenvalue weighted by Crippen LogP contribution is -2.10. The maximum absolute atomic E-state index is 9.79. The van der Waals surface area contributed by atoms with E-state index in [0.717, 1.165) is 25.7 Å². The van der Waals surface area contributed by atoms with Crippen LogP contribution in [-0.4, -0.2) is 11.2 Å². The molecule has 84 valence electrons. The number of hydrogen-bond donors (Lipinski definition) is 1. The largest absolute Gasteiger partial charge is 0.393 e. The molecule has 1 aromatic carbocycles. The van der Waals surface area contributed by atoms with Crippen molar-refractivity contribution in [3.63, 3.8) is 0 Å². The van der Waals surface area contributed by atoms with Gasteiger partial charge in [-0.25, -0.2) is 0 Å². The van der Waals surface area contributed by atoms with Crippen molar-refractivity contribution in [1.82, 2.24) is 0 Å². The third-order valence-corrected chi connectivity index (χ3v) is 2.93. The fourth-order valence-electron chi connectivity index (χ4n) is 1.74. The molecule has 1 atom stereocenters. The first kappa shape index (κ1) is 12.3. The highest BCUT2D eigenvalue weighted by Gasteiger charge is 2.05. The van der Waals surface area contributed by atoms with E-state index in [-0.39, 0.29) is 6.10 Å². The van der Waals surface area contributed by atoms with Crippen LogP contribution in [-0.2, 0) is 6.42 Å². The lowest BCUT2D eigenvalue weighted by atomic mass is 10.00. The van der Waals surface area contributed by atoms with Gasteiger partial charge in [-0.3, -0.25) is 0 Å². The van der Waals surface area contributed by atoms with Gasteiger partial charge < -0.3 is 5.11 Å². The van der Waals surface area contributed by atoms with Crippen LogP contribution in [0.2, 0.25) is 0 Å². The van der Waals surface area contributed by atoms with Crippen LogP contribution in [0.1, 0.15) is 42.9 Å². The third-order valence-electron chi connectivity index (χ3n) is 2.93. The van der Waals surface area contributed by atoms with Crippen LogP contribution in [0, 0.1) is 13.8 Å². The Morgan fingerprint density at radius 2 is 1.93 bits per heavy atom. The smallest absolute Gasteiger partial charge is 0.0580 e. The van der Waals surface area contributed by atoms with Gasteiger partial charge in [0.15, 0.2) is 0 Å². The molecule has 1 unspecified atom stereocenters. The highest BCUT2D eigenvalue weighted by Crippen LogP contribution is 2.13. The molecule has 1 nitrogen and oxygen atoms in total. The molecular weight excluding hydrogens is 184 g/mol. The van der Waals surface area contributed by atoms with E-state index < -0.39 is 0 Å². The minimum atomic E-state index is -0.174. The molecule has 0 aromatic heterocycles. The highest BCUT2D eigenvalue weighted by molar-refractivity contribution is 5.30. The monoisotopic (exact) mass is 206 g/mol. The summed E-state index contributed by atoms with van der Waals surface area (Å²) in [6.07, 6.45) is 3.81. The van der Waals surface area contributed by atoms with Gasteiger partial charge in [0.1, 0.15) is 0 Å². The number of benzene rings is 1. The van der Waals surface area contributed by atoms with Gasteiger partial charge in [-0.2, -0.15) is 0 Å².